The van der Waals surface area contributed by atoms with Crippen molar-refractivity contribution in [3.8, 4) is 0 Å². The SMILES string of the molecule is COC(=O)C(Cc1ccc([N+](=O)[O-])cc1)NC(=O)C1(CCCS(C)(=O)=O)CCC1.COC(=O)C(Cc1ccc([N+](=O)[O-])cc1)NC(=S)C1(CCCS(C)(=O)=O)CCC1. The zero-order valence-electron chi connectivity index (χ0n) is 33.1. The van der Waals surface area contributed by atoms with Crippen LogP contribution in [0.3, 0.4) is 0 Å². The lowest BCUT2D eigenvalue weighted by Crippen LogP contribution is -2.52. The Morgan fingerprint density at radius 3 is 1.36 bits per heavy atom. The van der Waals surface area contributed by atoms with Crippen LogP contribution >= 0.6 is 12.2 Å². The second-order valence-corrected chi connectivity index (χ2v) is 20.0. The topological polar surface area (TPSA) is 248 Å². The maximum Gasteiger partial charge on any atom is 0.328 e. The van der Waals surface area contributed by atoms with E-state index in [0.717, 1.165) is 37.5 Å². The second kappa shape index (κ2) is 20.9. The van der Waals surface area contributed by atoms with Crippen molar-refractivity contribution < 1.29 is 50.5 Å². The minimum absolute atomic E-state index is 0.0191. The summed E-state index contributed by atoms with van der Waals surface area (Å²) < 4.78 is 55.2. The summed E-state index contributed by atoms with van der Waals surface area (Å²) in [7, 11) is -3.62. The van der Waals surface area contributed by atoms with Gasteiger partial charge in [0.2, 0.25) is 5.91 Å². The molecule has 320 valence electrons. The number of ether oxygens (including phenoxy) is 2. The van der Waals surface area contributed by atoms with Gasteiger partial charge in [0.15, 0.2) is 0 Å². The summed E-state index contributed by atoms with van der Waals surface area (Å²) in [5.41, 5.74) is 0.346. The van der Waals surface area contributed by atoms with Crippen LogP contribution in [0.2, 0.25) is 0 Å². The van der Waals surface area contributed by atoms with Crippen LogP contribution in [0.15, 0.2) is 48.5 Å². The van der Waals surface area contributed by atoms with Crippen LogP contribution in [0.4, 0.5) is 11.4 Å². The number of hydrogen-bond donors (Lipinski definition) is 2. The van der Waals surface area contributed by atoms with E-state index in [1.54, 1.807) is 12.1 Å². The first kappa shape index (κ1) is 47.8. The van der Waals surface area contributed by atoms with E-state index >= 15 is 0 Å². The smallest absolute Gasteiger partial charge is 0.328 e. The summed E-state index contributed by atoms with van der Waals surface area (Å²) >= 11 is 5.60. The molecule has 17 nitrogen and oxygen atoms in total. The first-order valence-electron chi connectivity index (χ1n) is 18.7. The van der Waals surface area contributed by atoms with Crippen molar-refractivity contribution in [1.29, 1.82) is 0 Å². The van der Waals surface area contributed by atoms with Gasteiger partial charge in [-0.15, -0.1) is 0 Å². The van der Waals surface area contributed by atoms with E-state index in [-0.39, 0.29) is 47.0 Å². The van der Waals surface area contributed by atoms with Crippen molar-refractivity contribution in [2.75, 3.05) is 38.2 Å². The number of esters is 2. The lowest BCUT2D eigenvalue weighted by atomic mass is 9.65. The van der Waals surface area contributed by atoms with Gasteiger partial charge in [0, 0.05) is 72.0 Å². The van der Waals surface area contributed by atoms with Gasteiger partial charge in [0.25, 0.3) is 11.4 Å². The molecule has 58 heavy (non-hydrogen) atoms. The molecule has 1 amide bonds. The fraction of sp³-hybridized carbons (Fsp3) is 0.579. The summed E-state index contributed by atoms with van der Waals surface area (Å²) in [6.07, 6.45) is 9.66. The van der Waals surface area contributed by atoms with Crippen molar-refractivity contribution in [3.05, 3.63) is 79.9 Å². The Bertz CT molecular complexity index is 1870. The van der Waals surface area contributed by atoms with E-state index in [0.29, 0.717) is 49.1 Å². The highest BCUT2D eigenvalue weighted by molar-refractivity contribution is 7.90. The molecule has 2 aliphatic carbocycles. The van der Waals surface area contributed by atoms with Gasteiger partial charge in [-0.25, -0.2) is 26.4 Å². The molecule has 0 radical (unpaired) electrons. The van der Waals surface area contributed by atoms with Gasteiger partial charge in [0.05, 0.1) is 29.1 Å². The number of benzene rings is 2. The molecule has 2 saturated carbocycles. The summed E-state index contributed by atoms with van der Waals surface area (Å²) in [6.45, 7) is 0. The average Bonchev–Trinajstić information content (AvgIpc) is 3.12. The van der Waals surface area contributed by atoms with E-state index in [1.165, 1.54) is 56.9 Å². The largest absolute Gasteiger partial charge is 0.467 e. The fourth-order valence-corrected chi connectivity index (χ4v) is 8.79. The summed E-state index contributed by atoms with van der Waals surface area (Å²) in [5, 5.41) is 27.4. The standard InChI is InChI=1S/C19H26N2O7S.C19H26N2O6S2/c1-28-17(22)16(13-14-5-7-15(8-6-14)21(24)25)20-18(23)19(9-3-10-19)11-4-12-29(2,26)27;1-27-17(22)16(13-14-5-7-15(8-6-14)21(23)24)20-18(28)19(9-3-10-19)11-4-12-29(2,25)26/h5-8,16H,3-4,9-13H2,1-2H3,(H,20,23);5-8,16H,3-4,9-13H2,1-2H3,(H,20,28). The number of rotatable bonds is 20. The van der Waals surface area contributed by atoms with Crippen molar-refractivity contribution in [1.82, 2.24) is 10.6 Å². The van der Waals surface area contributed by atoms with Gasteiger partial charge in [-0.2, -0.15) is 0 Å². The molecule has 2 aromatic carbocycles. The van der Waals surface area contributed by atoms with Crippen LogP contribution in [0.1, 0.15) is 75.3 Å². The molecular formula is C38H52N4O13S3. The van der Waals surface area contributed by atoms with Gasteiger partial charge in [-0.1, -0.05) is 49.3 Å². The first-order valence-corrected chi connectivity index (χ1v) is 23.3. The highest BCUT2D eigenvalue weighted by Crippen LogP contribution is 2.46. The molecule has 2 aromatic rings. The Hall–Kier alpha value is -4.56. The van der Waals surface area contributed by atoms with Crippen LogP contribution < -0.4 is 10.6 Å². The zero-order valence-corrected chi connectivity index (χ0v) is 35.5. The molecule has 0 heterocycles. The first-order chi connectivity index (χ1) is 27.1. The Kier molecular flexibility index (Phi) is 17.2. The molecule has 2 fully saturated rings. The highest BCUT2D eigenvalue weighted by Gasteiger charge is 2.45. The van der Waals surface area contributed by atoms with Crippen molar-refractivity contribution in [3.63, 3.8) is 0 Å². The Labute approximate surface area is 344 Å². The minimum atomic E-state index is -3.10. The van der Waals surface area contributed by atoms with E-state index in [4.69, 9.17) is 21.7 Å². The fourth-order valence-electron chi connectivity index (χ4n) is 7.01. The summed E-state index contributed by atoms with van der Waals surface area (Å²) in [5.74, 6) is -1.24. The summed E-state index contributed by atoms with van der Waals surface area (Å²) in [4.78, 5) is 58.5. The number of thiocarbonyl (C=S) groups is 1. The van der Waals surface area contributed by atoms with Crippen molar-refractivity contribution in [2.45, 2.75) is 89.1 Å². The predicted molar refractivity (Wildman–Crippen MR) is 220 cm³/mol. The Balaban J connectivity index is 0.000000310. The quantitative estimate of drug-likeness (QED) is 0.0811. The van der Waals surface area contributed by atoms with Crippen molar-refractivity contribution in [2.24, 2.45) is 10.8 Å². The van der Waals surface area contributed by atoms with E-state index < -0.39 is 59.0 Å². The molecule has 20 heteroatoms. The molecule has 2 unspecified atom stereocenters. The number of nitro groups is 2. The lowest BCUT2D eigenvalue weighted by molar-refractivity contribution is -0.385. The third-order valence-electron chi connectivity index (χ3n) is 10.7. The van der Waals surface area contributed by atoms with E-state index in [2.05, 4.69) is 10.6 Å². The normalized spacial score (nSPS) is 16.3. The number of non-ortho nitro benzene ring substituents is 2. The van der Waals surface area contributed by atoms with E-state index in [1.807, 2.05) is 0 Å². The zero-order chi connectivity index (χ0) is 43.3. The molecule has 2 N–H and O–H groups in total. The van der Waals surface area contributed by atoms with Gasteiger partial charge in [0.1, 0.15) is 31.8 Å². The van der Waals surface area contributed by atoms with E-state index in [9.17, 15) is 51.4 Å². The van der Waals surface area contributed by atoms with Gasteiger partial charge in [-0.05, 0) is 62.5 Å². The number of nitro benzene ring substituents is 2. The predicted octanol–water partition coefficient (Wildman–Crippen LogP) is 4.38. The number of amides is 1. The maximum absolute atomic E-state index is 12.9. The Morgan fingerprint density at radius 1 is 0.690 bits per heavy atom. The molecule has 0 aliphatic heterocycles. The Morgan fingerprint density at radius 2 is 1.05 bits per heavy atom. The minimum Gasteiger partial charge on any atom is -0.467 e. The number of hydrogen-bond acceptors (Lipinski definition) is 14. The van der Waals surface area contributed by atoms with Crippen LogP contribution in [0, 0.1) is 31.1 Å². The number of sulfone groups is 2. The lowest BCUT2D eigenvalue weighted by Gasteiger charge is -2.43. The molecule has 2 atom stereocenters. The molecule has 0 saturated heterocycles. The number of nitrogens with one attached hydrogen (secondary N) is 2. The number of carbonyl (C=O) groups is 3. The molecule has 0 spiro atoms. The van der Waals surface area contributed by atoms with Gasteiger partial charge >= 0.3 is 11.9 Å². The van der Waals surface area contributed by atoms with Gasteiger partial charge in [-0.3, -0.25) is 25.0 Å². The van der Waals surface area contributed by atoms with Crippen molar-refractivity contribution >= 4 is 66.1 Å². The average molecular weight is 869 g/mol. The van der Waals surface area contributed by atoms with Gasteiger partial charge < -0.3 is 20.1 Å². The molecule has 2 aliphatic rings. The number of carbonyl (C=O) groups excluding carboxylic acids is 3. The number of methoxy groups -OCH3 is 2. The molecule has 0 bridgehead atoms. The van der Waals surface area contributed by atoms with Crippen LogP contribution in [0.5, 0.6) is 0 Å². The second-order valence-electron chi connectivity index (χ2n) is 15.1. The van der Waals surface area contributed by atoms with Crippen LogP contribution in [0.25, 0.3) is 0 Å². The molecule has 0 aromatic heterocycles. The molecule has 4 rings (SSSR count). The number of nitrogens with zero attached hydrogens (tertiary/aromatic N) is 2. The van der Waals surface area contributed by atoms with Crippen LogP contribution in [-0.4, -0.2) is 99.8 Å². The summed E-state index contributed by atoms with van der Waals surface area (Å²) in [6, 6.07) is 10.1. The molecular weight excluding hydrogens is 817 g/mol. The third kappa shape index (κ3) is 14.4. The monoisotopic (exact) mass is 868 g/mol. The highest BCUT2D eigenvalue weighted by atomic mass is 32.2. The maximum atomic E-state index is 12.9. The third-order valence-corrected chi connectivity index (χ3v) is 13.3. The van der Waals surface area contributed by atoms with Crippen LogP contribution in [-0.2, 0) is 56.4 Å².